The summed E-state index contributed by atoms with van der Waals surface area (Å²) < 4.78 is 25.6. The topological polar surface area (TPSA) is 18.5 Å². The average molecular weight is 465 g/mol. The maximum absolute atomic E-state index is 14.3. The predicted molar refractivity (Wildman–Crippen MR) is 134 cm³/mol. The number of rotatable bonds is 11. The smallest absolute Gasteiger partial charge is 0.165 e. The van der Waals surface area contributed by atoms with Crippen LogP contribution in [0.3, 0.4) is 0 Å². The highest BCUT2D eigenvalue weighted by Gasteiger charge is 2.29. The quantitative estimate of drug-likeness (QED) is 0.265. The average Bonchev–Trinajstić information content (AvgIpc) is 2.82. The van der Waals surface area contributed by atoms with Crippen molar-refractivity contribution in [1.82, 2.24) is 0 Å². The molecule has 0 fully saturated rings. The molecule has 3 aromatic rings. The van der Waals surface area contributed by atoms with Gasteiger partial charge in [-0.05, 0) is 80.1 Å². The highest BCUT2D eigenvalue weighted by molar-refractivity contribution is 6.32. The van der Waals surface area contributed by atoms with Crippen LogP contribution in [0.4, 0.5) is 4.39 Å². The van der Waals surface area contributed by atoms with Gasteiger partial charge in [-0.1, -0.05) is 61.2 Å². The van der Waals surface area contributed by atoms with Crippen LogP contribution in [0.15, 0.2) is 66.7 Å². The number of hydrogen-bond acceptors (Lipinski definition) is 2. The number of ether oxygens (including phenoxy) is 2. The van der Waals surface area contributed by atoms with E-state index < -0.39 is 5.41 Å². The third-order valence-electron chi connectivity index (χ3n) is 5.77. The molecule has 4 heteroatoms. The minimum atomic E-state index is -0.410. The van der Waals surface area contributed by atoms with Crippen molar-refractivity contribution in [2.24, 2.45) is 0 Å². The van der Waals surface area contributed by atoms with E-state index >= 15 is 0 Å². The SMILES string of the molecule is C#CC(CCC)(CCCc1ccc(F)c(Oc2ccccc2)c1)c1ccc(OCC)c(Cl)c1. The summed E-state index contributed by atoms with van der Waals surface area (Å²) >= 11 is 6.46. The highest BCUT2D eigenvalue weighted by atomic mass is 35.5. The second kappa shape index (κ2) is 11.8. The molecule has 172 valence electrons. The van der Waals surface area contributed by atoms with Gasteiger partial charge in [0.05, 0.1) is 17.0 Å². The molecular weight excluding hydrogens is 435 g/mol. The Morgan fingerprint density at radius 1 is 0.970 bits per heavy atom. The molecule has 33 heavy (non-hydrogen) atoms. The molecule has 0 aliphatic rings. The van der Waals surface area contributed by atoms with Crippen molar-refractivity contribution in [3.63, 3.8) is 0 Å². The van der Waals surface area contributed by atoms with Crippen molar-refractivity contribution in [2.45, 2.75) is 51.4 Å². The summed E-state index contributed by atoms with van der Waals surface area (Å²) in [5.74, 6) is 4.19. The van der Waals surface area contributed by atoms with Crippen LogP contribution < -0.4 is 9.47 Å². The van der Waals surface area contributed by atoms with E-state index in [4.69, 9.17) is 27.5 Å². The Morgan fingerprint density at radius 3 is 2.42 bits per heavy atom. The molecule has 0 saturated heterocycles. The molecule has 0 aliphatic carbocycles. The fraction of sp³-hybridized carbons (Fsp3) is 0.310. The first-order valence-corrected chi connectivity index (χ1v) is 11.8. The van der Waals surface area contributed by atoms with Crippen LogP contribution in [-0.4, -0.2) is 6.61 Å². The van der Waals surface area contributed by atoms with Crippen LogP contribution in [0.2, 0.25) is 5.02 Å². The van der Waals surface area contributed by atoms with E-state index in [1.165, 1.54) is 6.07 Å². The van der Waals surface area contributed by atoms with Crippen molar-refractivity contribution in [3.8, 4) is 29.6 Å². The molecule has 0 aliphatic heterocycles. The first-order chi connectivity index (χ1) is 16.0. The van der Waals surface area contributed by atoms with E-state index in [-0.39, 0.29) is 11.6 Å². The molecule has 0 aromatic heterocycles. The van der Waals surface area contributed by atoms with Crippen molar-refractivity contribution < 1.29 is 13.9 Å². The minimum Gasteiger partial charge on any atom is -0.492 e. The molecule has 0 radical (unpaired) electrons. The molecule has 3 rings (SSSR count). The Labute approximate surface area is 201 Å². The molecule has 1 unspecified atom stereocenters. The lowest BCUT2D eigenvalue weighted by Gasteiger charge is -2.29. The van der Waals surface area contributed by atoms with Crippen LogP contribution in [0, 0.1) is 18.2 Å². The van der Waals surface area contributed by atoms with E-state index in [0.29, 0.717) is 23.1 Å². The summed E-state index contributed by atoms with van der Waals surface area (Å²) in [4.78, 5) is 0. The Balaban J connectivity index is 1.74. The summed E-state index contributed by atoms with van der Waals surface area (Å²) in [6.07, 6.45) is 10.3. The van der Waals surface area contributed by atoms with Gasteiger partial charge in [-0.15, -0.1) is 6.42 Å². The van der Waals surface area contributed by atoms with Crippen molar-refractivity contribution in [1.29, 1.82) is 0 Å². The Hall–Kier alpha value is -2.96. The number of benzene rings is 3. The number of hydrogen-bond donors (Lipinski definition) is 0. The van der Waals surface area contributed by atoms with E-state index in [1.807, 2.05) is 43.3 Å². The monoisotopic (exact) mass is 464 g/mol. The van der Waals surface area contributed by atoms with Gasteiger partial charge in [-0.2, -0.15) is 0 Å². The lowest BCUT2D eigenvalue weighted by atomic mass is 9.73. The zero-order valence-corrected chi connectivity index (χ0v) is 20.0. The Kier molecular flexibility index (Phi) is 8.80. The first kappa shape index (κ1) is 24.7. The summed E-state index contributed by atoms with van der Waals surface area (Å²) in [5.41, 5.74) is 1.63. The zero-order valence-electron chi connectivity index (χ0n) is 19.2. The first-order valence-electron chi connectivity index (χ1n) is 11.4. The molecule has 3 aromatic carbocycles. The second-order valence-electron chi connectivity index (χ2n) is 8.09. The maximum atomic E-state index is 14.3. The summed E-state index contributed by atoms with van der Waals surface area (Å²) in [6.45, 7) is 4.62. The van der Waals surface area contributed by atoms with Gasteiger partial charge in [0, 0.05) is 0 Å². The van der Waals surface area contributed by atoms with E-state index in [1.54, 1.807) is 24.3 Å². The molecule has 0 saturated carbocycles. The standard InChI is InChI=1S/C29H30ClFO2/c1-4-18-29(5-2,23-15-17-27(32-6-3)25(30)21-23)19-10-11-22-14-16-26(31)28(20-22)33-24-12-8-7-9-13-24/h2,7-9,12-17,20-21H,4,6,10-11,18-19H2,1,3H3. The molecule has 0 heterocycles. The summed E-state index contributed by atoms with van der Waals surface area (Å²) in [6, 6.07) is 20.1. The van der Waals surface area contributed by atoms with E-state index in [0.717, 1.165) is 43.2 Å². The van der Waals surface area contributed by atoms with Crippen molar-refractivity contribution in [2.75, 3.05) is 6.61 Å². The lowest BCUT2D eigenvalue weighted by Crippen LogP contribution is -2.24. The zero-order chi connectivity index (χ0) is 23.7. The van der Waals surface area contributed by atoms with Crippen molar-refractivity contribution in [3.05, 3.63) is 88.7 Å². The number of para-hydroxylation sites is 1. The van der Waals surface area contributed by atoms with Gasteiger partial charge in [0.25, 0.3) is 0 Å². The van der Waals surface area contributed by atoms with Gasteiger partial charge in [-0.25, -0.2) is 4.39 Å². The predicted octanol–water partition coefficient (Wildman–Crippen LogP) is 8.36. The van der Waals surface area contributed by atoms with Crippen LogP contribution >= 0.6 is 11.6 Å². The molecule has 0 amide bonds. The fourth-order valence-electron chi connectivity index (χ4n) is 4.13. The van der Waals surface area contributed by atoms with Crippen LogP contribution in [0.1, 0.15) is 50.7 Å². The Morgan fingerprint density at radius 2 is 1.76 bits per heavy atom. The van der Waals surface area contributed by atoms with Crippen LogP contribution in [0.5, 0.6) is 17.2 Å². The summed E-state index contributed by atoms with van der Waals surface area (Å²) in [7, 11) is 0. The molecular formula is C29H30ClFO2. The maximum Gasteiger partial charge on any atom is 0.165 e. The lowest BCUT2D eigenvalue weighted by molar-refractivity contribution is 0.340. The van der Waals surface area contributed by atoms with E-state index in [2.05, 4.69) is 12.8 Å². The van der Waals surface area contributed by atoms with Crippen molar-refractivity contribution >= 4 is 11.6 Å². The number of terminal acetylenes is 1. The molecule has 1 atom stereocenters. The molecule has 0 bridgehead atoms. The van der Waals surface area contributed by atoms with Crippen LogP contribution in [-0.2, 0) is 11.8 Å². The molecule has 0 N–H and O–H groups in total. The fourth-order valence-corrected chi connectivity index (χ4v) is 4.37. The highest BCUT2D eigenvalue weighted by Crippen LogP contribution is 2.38. The normalized spacial score (nSPS) is 12.6. The van der Waals surface area contributed by atoms with Gasteiger partial charge in [0.2, 0.25) is 0 Å². The van der Waals surface area contributed by atoms with Gasteiger partial charge in [-0.3, -0.25) is 0 Å². The van der Waals surface area contributed by atoms with E-state index in [9.17, 15) is 4.39 Å². The summed E-state index contributed by atoms with van der Waals surface area (Å²) in [5, 5.41) is 0.575. The minimum absolute atomic E-state index is 0.230. The van der Waals surface area contributed by atoms with Gasteiger partial charge in [0.15, 0.2) is 11.6 Å². The third-order valence-corrected chi connectivity index (χ3v) is 6.07. The van der Waals surface area contributed by atoms with Gasteiger partial charge >= 0.3 is 0 Å². The van der Waals surface area contributed by atoms with Gasteiger partial charge in [0.1, 0.15) is 11.5 Å². The second-order valence-corrected chi connectivity index (χ2v) is 8.50. The number of aryl methyl sites for hydroxylation is 1. The molecule has 2 nitrogen and oxygen atoms in total. The Bertz CT molecular complexity index is 1090. The van der Waals surface area contributed by atoms with Gasteiger partial charge < -0.3 is 9.47 Å². The number of halogens is 2. The van der Waals surface area contributed by atoms with Crippen LogP contribution in [0.25, 0.3) is 0 Å². The molecule has 0 spiro atoms. The third kappa shape index (κ3) is 6.30. The largest absolute Gasteiger partial charge is 0.492 e.